The van der Waals surface area contributed by atoms with Gasteiger partial charge in [0.05, 0.1) is 11.7 Å². The molecule has 120 valence electrons. The smallest absolute Gasteiger partial charge is 0.225 e. The van der Waals surface area contributed by atoms with Gasteiger partial charge in [-0.2, -0.15) is 0 Å². The van der Waals surface area contributed by atoms with Crippen LogP contribution in [0.4, 0.5) is 0 Å². The summed E-state index contributed by atoms with van der Waals surface area (Å²) in [4.78, 5) is 26.0. The van der Waals surface area contributed by atoms with Crippen LogP contribution in [-0.4, -0.2) is 56.3 Å². The normalized spacial score (nSPS) is 24.3. The van der Waals surface area contributed by atoms with Crippen LogP contribution in [0.5, 0.6) is 0 Å². The van der Waals surface area contributed by atoms with Crippen molar-refractivity contribution < 1.29 is 18.0 Å². The molecule has 2 amide bonds. The Balaban J connectivity index is 1.82. The predicted molar refractivity (Wildman–Crippen MR) is 79.4 cm³/mol. The van der Waals surface area contributed by atoms with Gasteiger partial charge < -0.3 is 10.2 Å². The molecule has 0 aromatic carbocycles. The number of nitrogens with one attached hydrogen (secondary N) is 1. The van der Waals surface area contributed by atoms with Crippen molar-refractivity contribution in [2.45, 2.75) is 44.6 Å². The number of hydrogen-bond acceptors (Lipinski definition) is 4. The average molecular weight is 316 g/mol. The van der Waals surface area contributed by atoms with Gasteiger partial charge in [-0.1, -0.05) is 19.3 Å². The van der Waals surface area contributed by atoms with Crippen molar-refractivity contribution in [2.24, 2.45) is 5.92 Å². The third-order valence-electron chi connectivity index (χ3n) is 4.32. The van der Waals surface area contributed by atoms with Crippen molar-refractivity contribution in [1.29, 1.82) is 0 Å². The molecule has 1 N–H and O–H groups in total. The highest BCUT2D eigenvalue weighted by atomic mass is 32.2. The molecule has 1 aliphatic carbocycles. The van der Waals surface area contributed by atoms with Crippen LogP contribution in [0.25, 0.3) is 0 Å². The number of hydrogen-bond donors (Lipinski definition) is 1. The molecule has 2 aliphatic rings. The molecule has 0 radical (unpaired) electrons. The summed E-state index contributed by atoms with van der Waals surface area (Å²) in [5, 5.41) is 2.63. The molecule has 1 atom stereocenters. The Bertz CT molecular complexity index is 497. The van der Waals surface area contributed by atoms with Crippen LogP contribution in [0.1, 0.15) is 38.5 Å². The van der Waals surface area contributed by atoms with Crippen molar-refractivity contribution in [1.82, 2.24) is 10.2 Å². The highest BCUT2D eigenvalue weighted by Crippen LogP contribution is 2.28. The Morgan fingerprint density at radius 2 is 1.95 bits per heavy atom. The molecule has 1 aliphatic heterocycles. The second-order valence-corrected chi connectivity index (χ2v) is 8.42. The molecule has 1 saturated heterocycles. The second-order valence-electron chi connectivity index (χ2n) is 6.16. The van der Waals surface area contributed by atoms with Crippen LogP contribution < -0.4 is 5.32 Å². The average Bonchev–Trinajstić information content (AvgIpc) is 2.80. The van der Waals surface area contributed by atoms with Crippen molar-refractivity contribution in [3.8, 4) is 0 Å². The predicted octanol–water partition coefficient (Wildman–Crippen LogP) is 0.328. The number of carbonyl (C=O) groups excluding carboxylic acids is 2. The van der Waals surface area contributed by atoms with Crippen LogP contribution in [0, 0.1) is 5.92 Å². The van der Waals surface area contributed by atoms with Gasteiger partial charge >= 0.3 is 0 Å². The second kappa shape index (κ2) is 6.77. The van der Waals surface area contributed by atoms with E-state index in [9.17, 15) is 18.0 Å². The highest BCUT2D eigenvalue weighted by Gasteiger charge is 2.37. The van der Waals surface area contributed by atoms with Crippen molar-refractivity contribution in [3.63, 3.8) is 0 Å². The number of carbonyl (C=O) groups is 2. The Morgan fingerprint density at radius 3 is 2.57 bits per heavy atom. The van der Waals surface area contributed by atoms with Crippen molar-refractivity contribution in [2.75, 3.05) is 25.1 Å². The molecule has 21 heavy (non-hydrogen) atoms. The Hall–Kier alpha value is -1.11. The molecular weight excluding hydrogens is 292 g/mol. The van der Waals surface area contributed by atoms with E-state index >= 15 is 0 Å². The first-order valence-corrected chi connectivity index (χ1v) is 9.68. The van der Waals surface area contributed by atoms with Gasteiger partial charge in [0.25, 0.3) is 0 Å². The topological polar surface area (TPSA) is 83.5 Å². The van der Waals surface area contributed by atoms with Gasteiger partial charge in [0.15, 0.2) is 0 Å². The zero-order valence-electron chi connectivity index (χ0n) is 12.5. The largest absolute Gasteiger partial charge is 0.355 e. The first-order valence-electron chi connectivity index (χ1n) is 7.62. The van der Waals surface area contributed by atoms with Gasteiger partial charge in [0.2, 0.25) is 11.8 Å². The molecule has 0 spiro atoms. The third kappa shape index (κ3) is 4.69. The Kier molecular flexibility index (Phi) is 5.24. The maximum Gasteiger partial charge on any atom is 0.225 e. The number of rotatable bonds is 5. The van der Waals surface area contributed by atoms with Crippen LogP contribution in [0.2, 0.25) is 0 Å². The lowest BCUT2D eigenvalue weighted by molar-refractivity contribution is -0.130. The molecule has 0 aromatic rings. The van der Waals surface area contributed by atoms with Crippen LogP contribution in [0.15, 0.2) is 0 Å². The van der Waals surface area contributed by atoms with Crippen molar-refractivity contribution >= 4 is 21.7 Å². The van der Waals surface area contributed by atoms with Crippen LogP contribution in [-0.2, 0) is 19.4 Å². The lowest BCUT2D eigenvalue weighted by atomic mass is 9.94. The van der Waals surface area contributed by atoms with Gasteiger partial charge in [-0.3, -0.25) is 9.59 Å². The van der Waals surface area contributed by atoms with E-state index in [1.54, 1.807) is 0 Å². The highest BCUT2D eigenvalue weighted by molar-refractivity contribution is 7.90. The standard InChI is InChI=1S/C14H24N2O4S/c1-21(19,20)8-7-15-14(18)11-9-13(17)16(10-11)12-5-3-2-4-6-12/h11-12H,2-10H2,1H3,(H,15,18). The fourth-order valence-corrected chi connectivity index (χ4v) is 3.63. The van der Waals surface area contributed by atoms with E-state index in [1.165, 1.54) is 6.42 Å². The number of amides is 2. The van der Waals surface area contributed by atoms with Gasteiger partial charge in [-0.15, -0.1) is 0 Å². The van der Waals surface area contributed by atoms with Gasteiger partial charge in [0, 0.05) is 31.8 Å². The van der Waals surface area contributed by atoms with Crippen LogP contribution >= 0.6 is 0 Å². The Labute approximate surface area is 126 Å². The van der Waals surface area contributed by atoms with Crippen LogP contribution in [0.3, 0.4) is 0 Å². The number of nitrogens with zero attached hydrogens (tertiary/aromatic N) is 1. The van der Waals surface area contributed by atoms with E-state index in [0.29, 0.717) is 12.6 Å². The lowest BCUT2D eigenvalue weighted by Crippen LogP contribution is -2.39. The van der Waals surface area contributed by atoms with Gasteiger partial charge in [0.1, 0.15) is 9.84 Å². The number of likely N-dealkylation sites (tertiary alicyclic amines) is 1. The maximum atomic E-state index is 12.1. The van der Waals surface area contributed by atoms with E-state index in [2.05, 4.69) is 5.32 Å². The minimum Gasteiger partial charge on any atom is -0.355 e. The molecule has 1 saturated carbocycles. The summed E-state index contributed by atoms with van der Waals surface area (Å²) in [5.41, 5.74) is 0. The van der Waals surface area contributed by atoms with Crippen molar-refractivity contribution in [3.05, 3.63) is 0 Å². The lowest BCUT2D eigenvalue weighted by Gasteiger charge is -2.31. The fraction of sp³-hybridized carbons (Fsp3) is 0.857. The molecular formula is C14H24N2O4S. The molecule has 7 heteroatoms. The molecule has 0 aromatic heterocycles. The summed E-state index contributed by atoms with van der Waals surface area (Å²) in [7, 11) is -3.07. The van der Waals surface area contributed by atoms with E-state index < -0.39 is 9.84 Å². The monoisotopic (exact) mass is 316 g/mol. The first kappa shape index (κ1) is 16.3. The summed E-state index contributed by atoms with van der Waals surface area (Å²) < 4.78 is 22.1. The molecule has 2 rings (SSSR count). The first-order chi connectivity index (χ1) is 9.87. The molecule has 1 unspecified atom stereocenters. The zero-order valence-corrected chi connectivity index (χ0v) is 13.3. The Morgan fingerprint density at radius 1 is 1.29 bits per heavy atom. The SMILES string of the molecule is CS(=O)(=O)CCNC(=O)C1CC(=O)N(C2CCCCC2)C1. The molecule has 2 fully saturated rings. The minimum absolute atomic E-state index is 0.0603. The quantitative estimate of drug-likeness (QED) is 0.792. The summed E-state index contributed by atoms with van der Waals surface area (Å²) in [6, 6.07) is 0.292. The fourth-order valence-electron chi connectivity index (χ4n) is 3.16. The van der Waals surface area contributed by atoms with Gasteiger partial charge in [-0.05, 0) is 12.8 Å². The van der Waals surface area contributed by atoms with E-state index in [-0.39, 0.29) is 36.5 Å². The third-order valence-corrected chi connectivity index (χ3v) is 5.26. The minimum atomic E-state index is -3.07. The summed E-state index contributed by atoms with van der Waals surface area (Å²) >= 11 is 0. The summed E-state index contributed by atoms with van der Waals surface area (Å²) in [5.74, 6) is -0.541. The van der Waals surface area contributed by atoms with E-state index in [0.717, 1.165) is 31.9 Å². The molecule has 0 bridgehead atoms. The molecule has 1 heterocycles. The summed E-state index contributed by atoms with van der Waals surface area (Å²) in [6.07, 6.45) is 7.00. The summed E-state index contributed by atoms with van der Waals surface area (Å²) in [6.45, 7) is 0.597. The van der Waals surface area contributed by atoms with E-state index in [4.69, 9.17) is 0 Å². The zero-order chi connectivity index (χ0) is 15.5. The maximum absolute atomic E-state index is 12.1. The number of sulfone groups is 1. The molecule has 6 nitrogen and oxygen atoms in total. The van der Waals surface area contributed by atoms with Gasteiger partial charge in [-0.25, -0.2) is 8.42 Å². The van der Waals surface area contributed by atoms with E-state index in [1.807, 2.05) is 4.90 Å².